The molecule has 0 radical (unpaired) electrons. The van der Waals surface area contributed by atoms with E-state index in [4.69, 9.17) is 5.73 Å². The third-order valence-electron chi connectivity index (χ3n) is 3.02. The molecule has 0 heterocycles. The molecule has 1 aromatic carbocycles. The van der Waals surface area contributed by atoms with Gasteiger partial charge in [0.25, 0.3) is 5.91 Å². The van der Waals surface area contributed by atoms with Gasteiger partial charge in [0.15, 0.2) is 0 Å². The monoisotopic (exact) mass is 330 g/mol. The zero-order chi connectivity index (χ0) is 14.6. The summed E-state index contributed by atoms with van der Waals surface area (Å²) in [7, 11) is 0. The number of hydrogen-bond donors (Lipinski definition) is 1. The summed E-state index contributed by atoms with van der Waals surface area (Å²) in [5, 5.41) is 0. The van der Waals surface area contributed by atoms with Crippen LogP contribution in [0.5, 0.6) is 0 Å². The first-order valence-corrected chi connectivity index (χ1v) is 7.05. The van der Waals surface area contributed by atoms with Crippen molar-refractivity contribution in [1.29, 1.82) is 0 Å². The molecule has 1 amide bonds. The highest BCUT2D eigenvalue weighted by molar-refractivity contribution is 9.10. The molecule has 0 atom stereocenters. The summed E-state index contributed by atoms with van der Waals surface area (Å²) in [5.41, 5.74) is 5.58. The molecule has 2 N–H and O–H groups in total. The second-order valence-electron chi connectivity index (χ2n) is 5.29. The highest BCUT2D eigenvalue weighted by Crippen LogP contribution is 2.22. The Balaban J connectivity index is 2.99. The van der Waals surface area contributed by atoms with E-state index >= 15 is 0 Å². The zero-order valence-electron chi connectivity index (χ0n) is 11.5. The Hall–Kier alpha value is -0.940. The van der Waals surface area contributed by atoms with Gasteiger partial charge in [0.1, 0.15) is 5.82 Å². The van der Waals surface area contributed by atoms with Gasteiger partial charge in [-0.25, -0.2) is 4.39 Å². The number of rotatable bonds is 5. The molecule has 3 nitrogen and oxygen atoms in total. The standard InChI is InChI=1S/C14H20BrFN2O/c1-4-18(9-14(2,3)8-17)13(19)10-6-5-7-11(15)12(10)16/h5-7H,4,8-9,17H2,1-3H3. The predicted molar refractivity (Wildman–Crippen MR) is 78.5 cm³/mol. The maximum absolute atomic E-state index is 13.9. The lowest BCUT2D eigenvalue weighted by Gasteiger charge is -2.31. The molecule has 0 spiro atoms. The first-order valence-electron chi connectivity index (χ1n) is 6.25. The van der Waals surface area contributed by atoms with Crippen LogP contribution in [0.2, 0.25) is 0 Å². The lowest BCUT2D eigenvalue weighted by molar-refractivity contribution is 0.0696. The number of carbonyl (C=O) groups excluding carboxylic acids is 1. The van der Waals surface area contributed by atoms with E-state index in [1.54, 1.807) is 17.0 Å². The number of carbonyl (C=O) groups is 1. The number of halogens is 2. The fourth-order valence-electron chi connectivity index (χ4n) is 1.75. The fraction of sp³-hybridized carbons (Fsp3) is 0.500. The van der Waals surface area contributed by atoms with Gasteiger partial charge < -0.3 is 10.6 Å². The normalized spacial score (nSPS) is 11.5. The van der Waals surface area contributed by atoms with E-state index in [9.17, 15) is 9.18 Å². The summed E-state index contributed by atoms with van der Waals surface area (Å²) < 4.78 is 14.2. The molecule has 1 rings (SSSR count). The minimum Gasteiger partial charge on any atom is -0.338 e. The SMILES string of the molecule is CCN(CC(C)(C)CN)C(=O)c1cccc(Br)c1F. The van der Waals surface area contributed by atoms with Crippen LogP contribution in [0.15, 0.2) is 22.7 Å². The van der Waals surface area contributed by atoms with Crippen molar-refractivity contribution >= 4 is 21.8 Å². The van der Waals surface area contributed by atoms with Gasteiger partial charge in [-0.1, -0.05) is 19.9 Å². The van der Waals surface area contributed by atoms with Crippen molar-refractivity contribution in [2.75, 3.05) is 19.6 Å². The Bertz CT molecular complexity index is 463. The lowest BCUT2D eigenvalue weighted by Crippen LogP contribution is -2.42. The predicted octanol–water partition coefficient (Wildman–Crippen LogP) is 3.04. The first kappa shape index (κ1) is 16.1. The minimum absolute atomic E-state index is 0.0871. The Morgan fingerprint density at radius 2 is 2.11 bits per heavy atom. The molecule has 1 aromatic rings. The number of nitrogens with two attached hydrogens (primary N) is 1. The molecular formula is C14H20BrFN2O. The highest BCUT2D eigenvalue weighted by Gasteiger charge is 2.25. The van der Waals surface area contributed by atoms with Gasteiger partial charge in [-0.3, -0.25) is 4.79 Å². The summed E-state index contributed by atoms with van der Waals surface area (Å²) in [6.45, 7) is 7.34. The molecular weight excluding hydrogens is 311 g/mol. The van der Waals surface area contributed by atoms with Crippen molar-refractivity contribution in [2.24, 2.45) is 11.1 Å². The summed E-state index contributed by atoms with van der Waals surface area (Å²) in [5.74, 6) is -0.820. The molecule has 0 aromatic heterocycles. The number of amides is 1. The van der Waals surface area contributed by atoms with Gasteiger partial charge in [-0.2, -0.15) is 0 Å². The average molecular weight is 331 g/mol. The number of nitrogens with zero attached hydrogens (tertiary/aromatic N) is 1. The van der Waals surface area contributed by atoms with Crippen LogP contribution in [0, 0.1) is 11.2 Å². The van der Waals surface area contributed by atoms with Crippen LogP contribution >= 0.6 is 15.9 Å². The topological polar surface area (TPSA) is 46.3 Å². The van der Waals surface area contributed by atoms with Crippen molar-refractivity contribution in [3.63, 3.8) is 0 Å². The van der Waals surface area contributed by atoms with E-state index in [1.165, 1.54) is 6.07 Å². The summed E-state index contributed by atoms with van der Waals surface area (Å²) >= 11 is 3.09. The maximum Gasteiger partial charge on any atom is 0.256 e. The van der Waals surface area contributed by atoms with Gasteiger partial charge in [0, 0.05) is 13.1 Å². The Morgan fingerprint density at radius 3 is 2.63 bits per heavy atom. The molecule has 0 aliphatic heterocycles. The van der Waals surface area contributed by atoms with E-state index in [2.05, 4.69) is 15.9 Å². The number of hydrogen-bond acceptors (Lipinski definition) is 2. The molecule has 0 bridgehead atoms. The Kier molecular flexibility index (Phi) is 5.50. The second-order valence-corrected chi connectivity index (χ2v) is 6.14. The van der Waals surface area contributed by atoms with Crippen LogP contribution < -0.4 is 5.73 Å². The second kappa shape index (κ2) is 6.48. The van der Waals surface area contributed by atoms with Crippen LogP contribution in [0.3, 0.4) is 0 Å². The first-order chi connectivity index (χ1) is 8.82. The van der Waals surface area contributed by atoms with Crippen molar-refractivity contribution < 1.29 is 9.18 Å². The van der Waals surface area contributed by atoms with E-state index in [-0.39, 0.29) is 16.9 Å². The molecule has 5 heteroatoms. The van der Waals surface area contributed by atoms with Crippen molar-refractivity contribution in [3.8, 4) is 0 Å². The highest BCUT2D eigenvalue weighted by atomic mass is 79.9. The van der Waals surface area contributed by atoms with Crippen molar-refractivity contribution in [1.82, 2.24) is 4.90 Å². The third kappa shape index (κ3) is 4.01. The van der Waals surface area contributed by atoms with Crippen LogP contribution in [-0.4, -0.2) is 30.4 Å². The molecule has 0 fully saturated rings. The van der Waals surface area contributed by atoms with Crippen LogP contribution in [0.25, 0.3) is 0 Å². The smallest absolute Gasteiger partial charge is 0.256 e. The zero-order valence-corrected chi connectivity index (χ0v) is 13.1. The van der Waals surface area contributed by atoms with Gasteiger partial charge in [0.05, 0.1) is 10.0 Å². The van der Waals surface area contributed by atoms with Gasteiger partial charge >= 0.3 is 0 Å². The minimum atomic E-state index is -0.517. The van der Waals surface area contributed by atoms with Crippen molar-refractivity contribution in [3.05, 3.63) is 34.1 Å². The van der Waals surface area contributed by atoms with E-state index in [0.717, 1.165) is 0 Å². The Labute approximate surface area is 122 Å². The van der Waals surface area contributed by atoms with Crippen LogP contribution in [-0.2, 0) is 0 Å². The van der Waals surface area contributed by atoms with Crippen LogP contribution in [0.4, 0.5) is 4.39 Å². The maximum atomic E-state index is 13.9. The summed E-state index contributed by atoms with van der Waals surface area (Å²) in [6.07, 6.45) is 0. The molecule has 19 heavy (non-hydrogen) atoms. The molecule has 0 aliphatic rings. The molecule has 106 valence electrons. The number of benzene rings is 1. The fourth-order valence-corrected chi connectivity index (χ4v) is 2.11. The lowest BCUT2D eigenvalue weighted by atomic mass is 9.93. The molecule has 0 unspecified atom stereocenters. The molecule has 0 aliphatic carbocycles. The van der Waals surface area contributed by atoms with Gasteiger partial charge in [0.2, 0.25) is 0 Å². The van der Waals surface area contributed by atoms with E-state index in [0.29, 0.717) is 24.1 Å². The third-order valence-corrected chi connectivity index (χ3v) is 3.63. The summed E-state index contributed by atoms with van der Waals surface area (Å²) in [6, 6.07) is 4.73. The largest absolute Gasteiger partial charge is 0.338 e. The Morgan fingerprint density at radius 1 is 1.47 bits per heavy atom. The molecule has 0 saturated carbocycles. The molecule has 0 saturated heterocycles. The van der Waals surface area contributed by atoms with E-state index in [1.807, 2.05) is 20.8 Å². The van der Waals surface area contributed by atoms with Gasteiger partial charge in [-0.05, 0) is 46.9 Å². The summed E-state index contributed by atoms with van der Waals surface area (Å²) in [4.78, 5) is 14.0. The van der Waals surface area contributed by atoms with Crippen LogP contribution in [0.1, 0.15) is 31.1 Å². The average Bonchev–Trinajstić information content (AvgIpc) is 2.38. The van der Waals surface area contributed by atoms with Gasteiger partial charge in [-0.15, -0.1) is 0 Å². The van der Waals surface area contributed by atoms with E-state index < -0.39 is 5.82 Å². The van der Waals surface area contributed by atoms with Crippen molar-refractivity contribution in [2.45, 2.75) is 20.8 Å². The quantitative estimate of drug-likeness (QED) is 0.901.